The molecule has 2 unspecified atom stereocenters. The summed E-state index contributed by atoms with van der Waals surface area (Å²) in [5, 5.41) is 0. The van der Waals surface area contributed by atoms with Crippen molar-refractivity contribution in [1.29, 1.82) is 0 Å². The molecular formula is C18H26N5O4+. The van der Waals surface area contributed by atoms with Gasteiger partial charge in [0.25, 0.3) is 5.91 Å². The largest absolute Gasteiger partial charge is 0.402 e. The first kappa shape index (κ1) is 18.1. The molecular weight excluding hydrogens is 350 g/mol. The lowest BCUT2D eigenvalue weighted by molar-refractivity contribution is -0.695. The van der Waals surface area contributed by atoms with Gasteiger partial charge in [0.15, 0.2) is 0 Å². The number of amides is 3. The Morgan fingerprint density at radius 2 is 2.11 bits per heavy atom. The number of fused-ring (bicyclic) bond motifs is 3. The maximum Gasteiger partial charge on any atom is 0.402 e. The Morgan fingerprint density at radius 1 is 1.33 bits per heavy atom. The summed E-state index contributed by atoms with van der Waals surface area (Å²) in [6.45, 7) is 6.06. The summed E-state index contributed by atoms with van der Waals surface area (Å²) in [5.74, 6) is 0.940. The molecule has 0 saturated carbocycles. The van der Waals surface area contributed by atoms with Crippen molar-refractivity contribution in [3.8, 4) is 0 Å². The van der Waals surface area contributed by atoms with E-state index in [0.29, 0.717) is 24.9 Å². The molecule has 3 aliphatic rings. The van der Waals surface area contributed by atoms with Crippen LogP contribution in [0.2, 0.25) is 0 Å². The van der Waals surface area contributed by atoms with E-state index in [4.69, 9.17) is 14.5 Å². The van der Waals surface area contributed by atoms with Gasteiger partial charge in [-0.2, -0.15) is 0 Å². The highest BCUT2D eigenvalue weighted by Gasteiger charge is 2.54. The molecule has 3 aliphatic heterocycles. The molecule has 0 radical (unpaired) electrons. The third-order valence-corrected chi connectivity index (χ3v) is 5.75. The predicted molar refractivity (Wildman–Crippen MR) is 96.0 cm³/mol. The number of rotatable bonds is 5. The predicted octanol–water partition coefficient (Wildman–Crippen LogP) is 0.697. The number of ether oxygens (including phenoxy) is 2. The quantitative estimate of drug-likeness (QED) is 0.709. The van der Waals surface area contributed by atoms with E-state index in [1.54, 1.807) is 14.2 Å². The van der Waals surface area contributed by atoms with Crippen molar-refractivity contribution in [2.24, 2.45) is 4.99 Å². The Labute approximate surface area is 158 Å². The Balaban J connectivity index is 1.74. The zero-order valence-electron chi connectivity index (χ0n) is 16.3. The molecule has 0 bridgehead atoms. The fourth-order valence-corrected chi connectivity index (χ4v) is 4.10. The minimum atomic E-state index is -0.607. The molecule has 9 heteroatoms. The summed E-state index contributed by atoms with van der Waals surface area (Å²) in [6.07, 6.45) is 2.26. The molecule has 146 valence electrons. The van der Waals surface area contributed by atoms with Gasteiger partial charge in [-0.25, -0.2) is 13.9 Å². The van der Waals surface area contributed by atoms with Crippen LogP contribution in [0, 0.1) is 13.8 Å². The number of nitrogens with zero attached hydrogens (tertiary/aromatic N) is 5. The first-order valence-electron chi connectivity index (χ1n) is 9.35. The van der Waals surface area contributed by atoms with Gasteiger partial charge in [0.1, 0.15) is 11.4 Å². The molecule has 2 fully saturated rings. The average Bonchev–Trinajstić information content (AvgIpc) is 3.35. The number of aromatic nitrogens is 2. The Kier molecular flexibility index (Phi) is 4.51. The van der Waals surface area contributed by atoms with Crippen LogP contribution in [-0.4, -0.2) is 72.2 Å². The van der Waals surface area contributed by atoms with E-state index < -0.39 is 6.04 Å². The van der Waals surface area contributed by atoms with Gasteiger partial charge in [0, 0.05) is 20.8 Å². The van der Waals surface area contributed by atoms with E-state index in [9.17, 15) is 9.59 Å². The highest BCUT2D eigenvalue weighted by atomic mass is 16.5. The van der Waals surface area contributed by atoms with Crippen LogP contribution in [-0.2, 0) is 20.8 Å². The third-order valence-electron chi connectivity index (χ3n) is 5.75. The normalized spacial score (nSPS) is 24.5. The number of carbonyl (C=O) groups excluding carboxylic acids is 2. The summed E-state index contributed by atoms with van der Waals surface area (Å²) >= 11 is 0. The van der Waals surface area contributed by atoms with Crippen LogP contribution in [0.3, 0.4) is 0 Å². The number of aliphatic imine (C=N–C) groups is 1. The number of imidazole rings is 1. The van der Waals surface area contributed by atoms with E-state index in [1.165, 1.54) is 9.80 Å². The topological polar surface area (TPSA) is 80.2 Å². The molecule has 0 spiro atoms. The lowest BCUT2D eigenvalue weighted by Gasteiger charge is -2.33. The molecule has 0 aliphatic carbocycles. The van der Waals surface area contributed by atoms with Crippen molar-refractivity contribution in [1.82, 2.24) is 14.4 Å². The van der Waals surface area contributed by atoms with E-state index in [-0.39, 0.29) is 24.6 Å². The zero-order chi connectivity index (χ0) is 19.3. The van der Waals surface area contributed by atoms with Crippen molar-refractivity contribution < 1.29 is 23.6 Å². The minimum absolute atomic E-state index is 0.163. The number of carbonyl (C=O) groups is 2. The van der Waals surface area contributed by atoms with E-state index in [2.05, 4.69) is 4.57 Å². The molecule has 2 atom stereocenters. The van der Waals surface area contributed by atoms with Gasteiger partial charge in [-0.15, -0.1) is 0 Å². The fraction of sp³-hybridized carbons (Fsp3) is 0.667. The van der Waals surface area contributed by atoms with Crippen molar-refractivity contribution in [2.45, 2.75) is 45.4 Å². The number of imide groups is 1. The summed E-state index contributed by atoms with van der Waals surface area (Å²) in [7, 11) is 3.22. The molecule has 3 amide bonds. The van der Waals surface area contributed by atoms with E-state index in [0.717, 1.165) is 30.8 Å². The smallest absolute Gasteiger partial charge is 0.383 e. The minimum Gasteiger partial charge on any atom is -0.383 e. The summed E-state index contributed by atoms with van der Waals surface area (Å²) in [6, 6.07) is -0.971. The Hall–Kier alpha value is -2.26. The van der Waals surface area contributed by atoms with Crippen LogP contribution < -0.4 is 4.57 Å². The molecule has 4 rings (SSSR count). The summed E-state index contributed by atoms with van der Waals surface area (Å²) < 4.78 is 14.9. The fourth-order valence-electron chi connectivity index (χ4n) is 4.10. The molecule has 0 N–H and O–H groups in total. The number of hydrogen-bond acceptors (Lipinski definition) is 5. The number of urea groups is 1. The highest BCUT2D eigenvalue weighted by Crippen LogP contribution is 2.35. The van der Waals surface area contributed by atoms with E-state index >= 15 is 0 Å². The maximum absolute atomic E-state index is 13.1. The van der Waals surface area contributed by atoms with Crippen molar-refractivity contribution >= 4 is 23.7 Å². The van der Waals surface area contributed by atoms with Gasteiger partial charge in [-0.05, 0) is 26.7 Å². The first-order valence-corrected chi connectivity index (χ1v) is 9.35. The lowest BCUT2D eigenvalue weighted by Crippen LogP contribution is -2.58. The van der Waals surface area contributed by atoms with Crippen LogP contribution in [0.25, 0.3) is 0 Å². The van der Waals surface area contributed by atoms with Gasteiger partial charge in [0.2, 0.25) is 11.9 Å². The van der Waals surface area contributed by atoms with Gasteiger partial charge in [0.05, 0.1) is 25.8 Å². The van der Waals surface area contributed by atoms with Crippen molar-refractivity contribution in [3.63, 3.8) is 0 Å². The Morgan fingerprint density at radius 3 is 2.78 bits per heavy atom. The molecule has 4 heterocycles. The number of amidine groups is 1. The van der Waals surface area contributed by atoms with E-state index in [1.807, 2.05) is 18.4 Å². The van der Waals surface area contributed by atoms with Crippen LogP contribution in [0.5, 0.6) is 0 Å². The number of methoxy groups -OCH3 is 1. The summed E-state index contributed by atoms with van der Waals surface area (Å²) in [4.78, 5) is 33.2. The van der Waals surface area contributed by atoms with Crippen LogP contribution >= 0.6 is 0 Å². The SMILES string of the molecule is COCCN1C(=O)C2C(=Nc3n2c(C)c(C)[n+]3CC2CCCO2)N(C)C1=O. The number of likely N-dealkylation sites (N-methyl/N-ethyl adjacent to an activating group) is 1. The van der Waals surface area contributed by atoms with Crippen LogP contribution in [0.1, 0.15) is 30.3 Å². The van der Waals surface area contributed by atoms with Crippen molar-refractivity contribution in [2.75, 3.05) is 33.9 Å². The van der Waals surface area contributed by atoms with Crippen LogP contribution in [0.4, 0.5) is 10.7 Å². The Bertz CT molecular complexity index is 824. The standard InChI is InChI=1S/C18H26N5O4/c1-11-12(2)23-14-15(19-17(23)22(11)10-13-6-5-8-27-13)20(3)18(25)21(16(14)24)7-9-26-4/h13-14H,5-10H2,1-4H3/q+1. The molecule has 1 aromatic heterocycles. The molecule has 2 saturated heterocycles. The average molecular weight is 376 g/mol. The second-order valence-electron chi connectivity index (χ2n) is 7.28. The molecule has 0 aromatic carbocycles. The van der Waals surface area contributed by atoms with Crippen LogP contribution in [0.15, 0.2) is 4.99 Å². The van der Waals surface area contributed by atoms with Gasteiger partial charge in [-0.3, -0.25) is 14.6 Å². The van der Waals surface area contributed by atoms with Crippen molar-refractivity contribution in [3.05, 3.63) is 11.4 Å². The third kappa shape index (κ3) is 2.68. The first-order chi connectivity index (χ1) is 13.0. The molecule has 9 nitrogen and oxygen atoms in total. The highest BCUT2D eigenvalue weighted by molar-refractivity contribution is 6.20. The second kappa shape index (κ2) is 6.72. The lowest BCUT2D eigenvalue weighted by atomic mass is 10.1. The monoisotopic (exact) mass is 376 g/mol. The van der Waals surface area contributed by atoms with Gasteiger partial charge >= 0.3 is 12.0 Å². The zero-order valence-corrected chi connectivity index (χ0v) is 16.3. The second-order valence-corrected chi connectivity index (χ2v) is 7.28. The summed E-state index contributed by atoms with van der Waals surface area (Å²) in [5.41, 5.74) is 2.05. The molecule has 27 heavy (non-hydrogen) atoms. The van der Waals surface area contributed by atoms with Gasteiger partial charge in [-0.1, -0.05) is 4.99 Å². The number of hydrogen-bond donors (Lipinski definition) is 0. The molecule has 1 aromatic rings. The maximum atomic E-state index is 13.1. The van der Waals surface area contributed by atoms with Gasteiger partial charge < -0.3 is 9.47 Å².